The summed E-state index contributed by atoms with van der Waals surface area (Å²) >= 11 is 5.84. The van der Waals surface area contributed by atoms with Crippen molar-refractivity contribution in [3.63, 3.8) is 0 Å². The zero-order valence-corrected chi connectivity index (χ0v) is 11.2. The second kappa shape index (κ2) is 5.87. The predicted octanol–water partition coefficient (Wildman–Crippen LogP) is 4.86. The summed E-state index contributed by atoms with van der Waals surface area (Å²) in [4.78, 5) is 0. The van der Waals surface area contributed by atoms with Crippen LogP contribution in [-0.2, 0) is 0 Å². The average molecular weight is 274 g/mol. The standard InChI is InChI=1S/C14H18ClF2N/c1-9-3-2-4-10(5-9)8-18-14-12(15)6-11(16)7-13(14)17/h6-7,9-10,18H,2-5,8H2,1H3. The minimum Gasteiger partial charge on any atom is -0.381 e. The number of nitrogens with one attached hydrogen (secondary N) is 1. The molecular formula is C14H18ClF2N. The largest absolute Gasteiger partial charge is 0.381 e. The summed E-state index contributed by atoms with van der Waals surface area (Å²) in [5.41, 5.74) is 0.219. The molecule has 1 N–H and O–H groups in total. The molecule has 1 aliphatic rings. The molecule has 1 aliphatic carbocycles. The first kappa shape index (κ1) is 13.6. The molecule has 0 saturated heterocycles. The Morgan fingerprint density at radius 1 is 1.33 bits per heavy atom. The quantitative estimate of drug-likeness (QED) is 0.830. The van der Waals surface area contributed by atoms with Gasteiger partial charge in [-0.25, -0.2) is 8.78 Å². The molecule has 4 heteroatoms. The van der Waals surface area contributed by atoms with Crippen LogP contribution in [-0.4, -0.2) is 6.54 Å². The van der Waals surface area contributed by atoms with E-state index in [4.69, 9.17) is 11.6 Å². The van der Waals surface area contributed by atoms with Crippen LogP contribution in [0.15, 0.2) is 12.1 Å². The summed E-state index contributed by atoms with van der Waals surface area (Å²) in [5.74, 6) is 0.0200. The maximum Gasteiger partial charge on any atom is 0.150 e. The summed E-state index contributed by atoms with van der Waals surface area (Å²) in [6.45, 7) is 2.95. The summed E-state index contributed by atoms with van der Waals surface area (Å²) < 4.78 is 26.5. The van der Waals surface area contributed by atoms with E-state index in [9.17, 15) is 8.78 Å². The van der Waals surface area contributed by atoms with E-state index >= 15 is 0 Å². The van der Waals surface area contributed by atoms with Gasteiger partial charge in [-0.2, -0.15) is 0 Å². The first-order valence-electron chi connectivity index (χ1n) is 6.44. The van der Waals surface area contributed by atoms with Crippen LogP contribution in [0.2, 0.25) is 5.02 Å². The van der Waals surface area contributed by atoms with E-state index in [0.29, 0.717) is 12.5 Å². The molecule has 0 radical (unpaired) electrons. The molecule has 18 heavy (non-hydrogen) atoms. The first-order valence-corrected chi connectivity index (χ1v) is 6.82. The third kappa shape index (κ3) is 3.35. The van der Waals surface area contributed by atoms with Gasteiger partial charge in [-0.05, 0) is 30.7 Å². The van der Waals surface area contributed by atoms with Gasteiger partial charge in [0, 0.05) is 12.6 Å². The predicted molar refractivity (Wildman–Crippen MR) is 71.0 cm³/mol. The highest BCUT2D eigenvalue weighted by molar-refractivity contribution is 6.33. The molecule has 2 atom stereocenters. The molecule has 1 fully saturated rings. The Morgan fingerprint density at radius 2 is 2.11 bits per heavy atom. The van der Waals surface area contributed by atoms with Crippen LogP contribution in [0.3, 0.4) is 0 Å². The Labute approximate surface area is 112 Å². The van der Waals surface area contributed by atoms with E-state index < -0.39 is 11.6 Å². The zero-order chi connectivity index (χ0) is 13.1. The zero-order valence-electron chi connectivity index (χ0n) is 10.5. The topological polar surface area (TPSA) is 12.0 Å². The number of anilines is 1. The maximum absolute atomic E-state index is 13.6. The van der Waals surface area contributed by atoms with E-state index in [2.05, 4.69) is 12.2 Å². The summed E-state index contributed by atoms with van der Waals surface area (Å²) in [7, 11) is 0. The van der Waals surface area contributed by atoms with Crippen molar-refractivity contribution in [2.45, 2.75) is 32.6 Å². The fourth-order valence-electron chi connectivity index (χ4n) is 2.70. The van der Waals surface area contributed by atoms with Gasteiger partial charge in [-0.15, -0.1) is 0 Å². The number of halogens is 3. The van der Waals surface area contributed by atoms with E-state index in [-0.39, 0.29) is 10.7 Å². The Morgan fingerprint density at radius 3 is 2.78 bits per heavy atom. The molecule has 1 nitrogen and oxygen atoms in total. The first-order chi connectivity index (χ1) is 8.56. The lowest BCUT2D eigenvalue weighted by atomic mass is 9.82. The summed E-state index contributed by atoms with van der Waals surface area (Å²) in [5, 5.41) is 3.13. The minimum atomic E-state index is -0.644. The molecule has 2 unspecified atom stereocenters. The fraction of sp³-hybridized carbons (Fsp3) is 0.571. The number of benzene rings is 1. The van der Waals surface area contributed by atoms with Crippen molar-refractivity contribution < 1.29 is 8.78 Å². The van der Waals surface area contributed by atoms with Crippen LogP contribution in [0, 0.1) is 23.5 Å². The van der Waals surface area contributed by atoms with E-state index in [1.807, 2.05) is 0 Å². The van der Waals surface area contributed by atoms with Gasteiger partial charge in [0.05, 0.1) is 10.7 Å². The highest BCUT2D eigenvalue weighted by Crippen LogP contribution is 2.31. The van der Waals surface area contributed by atoms with Crippen LogP contribution in [0.5, 0.6) is 0 Å². The van der Waals surface area contributed by atoms with Gasteiger partial charge in [0.25, 0.3) is 0 Å². The molecule has 0 bridgehead atoms. The van der Waals surface area contributed by atoms with Crippen LogP contribution in [0.4, 0.5) is 14.5 Å². The fourth-order valence-corrected chi connectivity index (χ4v) is 2.96. The highest BCUT2D eigenvalue weighted by atomic mass is 35.5. The van der Waals surface area contributed by atoms with Gasteiger partial charge >= 0.3 is 0 Å². The lowest BCUT2D eigenvalue weighted by Crippen LogP contribution is -2.21. The average Bonchev–Trinajstić information content (AvgIpc) is 2.27. The molecule has 1 saturated carbocycles. The molecule has 0 aliphatic heterocycles. The van der Waals surface area contributed by atoms with Crippen LogP contribution in [0.1, 0.15) is 32.6 Å². The second-order valence-corrected chi connectivity index (χ2v) is 5.67. The third-order valence-corrected chi connectivity index (χ3v) is 3.92. The maximum atomic E-state index is 13.6. The SMILES string of the molecule is CC1CCCC(CNc2c(F)cc(F)cc2Cl)C1. The molecular weight excluding hydrogens is 256 g/mol. The Kier molecular flexibility index (Phi) is 4.44. The lowest BCUT2D eigenvalue weighted by Gasteiger charge is -2.27. The van der Waals surface area contributed by atoms with Crippen molar-refractivity contribution >= 4 is 17.3 Å². The Hall–Kier alpha value is -0.830. The van der Waals surface area contributed by atoms with Crippen molar-refractivity contribution in [3.8, 4) is 0 Å². The van der Waals surface area contributed by atoms with Gasteiger partial charge in [0.1, 0.15) is 5.82 Å². The molecule has 0 spiro atoms. The summed E-state index contributed by atoms with van der Waals surface area (Å²) in [6, 6.07) is 1.99. The smallest absolute Gasteiger partial charge is 0.150 e. The van der Waals surface area contributed by atoms with Gasteiger partial charge < -0.3 is 5.32 Å². The normalized spacial score (nSPS) is 24.0. The van der Waals surface area contributed by atoms with Crippen molar-refractivity contribution in [1.29, 1.82) is 0 Å². The number of hydrogen-bond donors (Lipinski definition) is 1. The molecule has 1 aromatic rings. The van der Waals surface area contributed by atoms with Crippen LogP contribution < -0.4 is 5.32 Å². The molecule has 0 aromatic heterocycles. The lowest BCUT2D eigenvalue weighted by molar-refractivity contribution is 0.293. The Bertz CT molecular complexity index is 399. The van der Waals surface area contributed by atoms with Gasteiger partial charge in [0.15, 0.2) is 5.82 Å². The molecule has 1 aromatic carbocycles. The van der Waals surface area contributed by atoms with Gasteiger partial charge in [-0.3, -0.25) is 0 Å². The molecule has 100 valence electrons. The molecule has 0 heterocycles. The van der Waals surface area contributed by atoms with Crippen molar-refractivity contribution in [2.75, 3.05) is 11.9 Å². The third-order valence-electron chi connectivity index (χ3n) is 3.62. The van der Waals surface area contributed by atoms with E-state index in [0.717, 1.165) is 30.9 Å². The highest BCUT2D eigenvalue weighted by Gasteiger charge is 2.19. The van der Waals surface area contributed by atoms with Gasteiger partial charge in [-0.1, -0.05) is 31.4 Å². The Balaban J connectivity index is 1.97. The van der Waals surface area contributed by atoms with Crippen LogP contribution >= 0.6 is 11.6 Å². The van der Waals surface area contributed by atoms with Crippen LogP contribution in [0.25, 0.3) is 0 Å². The number of rotatable bonds is 3. The second-order valence-electron chi connectivity index (χ2n) is 5.26. The summed E-state index contributed by atoms with van der Waals surface area (Å²) in [6.07, 6.45) is 4.83. The van der Waals surface area contributed by atoms with Crippen molar-refractivity contribution in [2.24, 2.45) is 11.8 Å². The van der Waals surface area contributed by atoms with Gasteiger partial charge in [0.2, 0.25) is 0 Å². The molecule has 2 rings (SSSR count). The van der Waals surface area contributed by atoms with E-state index in [1.54, 1.807) is 0 Å². The minimum absolute atomic E-state index is 0.108. The monoisotopic (exact) mass is 273 g/mol. The van der Waals surface area contributed by atoms with Crippen molar-refractivity contribution in [1.82, 2.24) is 0 Å². The van der Waals surface area contributed by atoms with E-state index in [1.165, 1.54) is 12.8 Å². The molecule has 0 amide bonds. The van der Waals surface area contributed by atoms with Crippen molar-refractivity contribution in [3.05, 3.63) is 28.8 Å². The number of hydrogen-bond acceptors (Lipinski definition) is 1.